The van der Waals surface area contributed by atoms with Crippen LogP contribution in [-0.4, -0.2) is 37.0 Å². The number of anilines is 1. The lowest BCUT2D eigenvalue weighted by Gasteiger charge is -2.27. The fraction of sp³-hybridized carbons (Fsp3) is 0.250. The molecule has 0 bridgehead atoms. The van der Waals surface area contributed by atoms with Gasteiger partial charge in [0.1, 0.15) is 10.8 Å². The zero-order chi connectivity index (χ0) is 21.6. The maximum absolute atomic E-state index is 12.5. The number of benzene rings is 2. The Labute approximate surface area is 185 Å². The van der Waals surface area contributed by atoms with E-state index in [1.165, 1.54) is 24.0 Å². The minimum Gasteiger partial charge on any atom is -0.484 e. The van der Waals surface area contributed by atoms with Gasteiger partial charge in [-0.15, -0.1) is 11.3 Å². The lowest BCUT2D eigenvalue weighted by molar-refractivity contribution is -0.118. The largest absolute Gasteiger partial charge is 0.484 e. The highest BCUT2D eigenvalue weighted by atomic mass is 32.1. The molecule has 0 aliphatic carbocycles. The summed E-state index contributed by atoms with van der Waals surface area (Å²) in [5, 5.41) is 3.38. The monoisotopic (exact) mass is 436 g/mol. The van der Waals surface area contributed by atoms with Crippen LogP contribution in [0, 0.1) is 0 Å². The molecule has 0 saturated carbocycles. The molecule has 1 aliphatic heterocycles. The number of fused-ring (bicyclic) bond motifs is 1. The first-order valence-electron chi connectivity index (χ1n) is 10.1. The van der Waals surface area contributed by atoms with Gasteiger partial charge in [-0.25, -0.2) is 4.79 Å². The molecule has 2 aromatic carbocycles. The van der Waals surface area contributed by atoms with Crippen LogP contribution >= 0.6 is 11.3 Å². The first-order valence-corrected chi connectivity index (χ1v) is 10.9. The minimum atomic E-state index is -0.423. The topological polar surface area (TPSA) is 67.9 Å². The van der Waals surface area contributed by atoms with E-state index in [-0.39, 0.29) is 12.5 Å². The smallest absolute Gasteiger partial charge is 0.341 e. The summed E-state index contributed by atoms with van der Waals surface area (Å²) < 4.78 is 10.5. The number of para-hydroxylation sites is 1. The van der Waals surface area contributed by atoms with Crippen LogP contribution < -0.4 is 10.1 Å². The molecule has 1 aliphatic rings. The Balaban J connectivity index is 1.48. The third-order valence-corrected chi connectivity index (χ3v) is 6.27. The van der Waals surface area contributed by atoms with Crippen LogP contribution in [0.5, 0.6) is 5.75 Å². The van der Waals surface area contributed by atoms with Gasteiger partial charge in [-0.05, 0) is 29.7 Å². The van der Waals surface area contributed by atoms with E-state index in [0.717, 1.165) is 36.5 Å². The third kappa shape index (κ3) is 5.13. The summed E-state index contributed by atoms with van der Waals surface area (Å²) in [6, 6.07) is 19.5. The maximum atomic E-state index is 12.5. The van der Waals surface area contributed by atoms with Crippen LogP contribution in [0.25, 0.3) is 0 Å². The molecule has 0 atom stereocenters. The predicted molar refractivity (Wildman–Crippen MR) is 120 cm³/mol. The molecular weight excluding hydrogens is 412 g/mol. The zero-order valence-electron chi connectivity index (χ0n) is 17.3. The molecule has 3 aromatic rings. The van der Waals surface area contributed by atoms with Crippen LogP contribution in [0.3, 0.4) is 0 Å². The van der Waals surface area contributed by atoms with Crippen molar-refractivity contribution in [3.05, 3.63) is 82.2 Å². The van der Waals surface area contributed by atoms with E-state index < -0.39 is 5.97 Å². The van der Waals surface area contributed by atoms with Gasteiger partial charge in [-0.3, -0.25) is 9.69 Å². The number of esters is 1. The van der Waals surface area contributed by atoms with Crippen molar-refractivity contribution in [1.82, 2.24) is 4.90 Å². The minimum absolute atomic E-state index is 0.132. The van der Waals surface area contributed by atoms with Crippen LogP contribution in [0.2, 0.25) is 0 Å². The summed E-state index contributed by atoms with van der Waals surface area (Å²) >= 11 is 1.44. The normalized spacial score (nSPS) is 13.3. The Kier molecular flexibility index (Phi) is 6.64. The fourth-order valence-electron chi connectivity index (χ4n) is 3.67. The predicted octanol–water partition coefficient (Wildman–Crippen LogP) is 4.11. The molecule has 0 radical (unpaired) electrons. The summed E-state index contributed by atoms with van der Waals surface area (Å²) in [4.78, 5) is 28.4. The number of thiophene rings is 1. The van der Waals surface area contributed by atoms with E-state index in [2.05, 4.69) is 22.3 Å². The van der Waals surface area contributed by atoms with Gasteiger partial charge in [0.25, 0.3) is 5.91 Å². The van der Waals surface area contributed by atoms with E-state index in [1.807, 2.05) is 36.4 Å². The molecule has 4 rings (SSSR count). The highest BCUT2D eigenvalue weighted by Gasteiger charge is 2.29. The molecule has 1 amide bonds. The van der Waals surface area contributed by atoms with Gasteiger partial charge in [0.05, 0.1) is 12.7 Å². The van der Waals surface area contributed by atoms with Crippen molar-refractivity contribution in [3.63, 3.8) is 0 Å². The Morgan fingerprint density at radius 3 is 2.48 bits per heavy atom. The van der Waals surface area contributed by atoms with Gasteiger partial charge >= 0.3 is 5.97 Å². The number of methoxy groups -OCH3 is 1. The number of hydrogen-bond acceptors (Lipinski definition) is 6. The number of nitrogens with zero attached hydrogens (tertiary/aromatic N) is 1. The van der Waals surface area contributed by atoms with Crippen molar-refractivity contribution >= 4 is 28.2 Å². The van der Waals surface area contributed by atoms with E-state index >= 15 is 0 Å². The average molecular weight is 437 g/mol. The van der Waals surface area contributed by atoms with Gasteiger partial charge in [0.2, 0.25) is 0 Å². The first-order chi connectivity index (χ1) is 15.1. The second-order valence-corrected chi connectivity index (χ2v) is 8.40. The lowest BCUT2D eigenvalue weighted by Crippen LogP contribution is -2.29. The summed E-state index contributed by atoms with van der Waals surface area (Å²) in [5.74, 6) is -0.116. The Morgan fingerprint density at radius 2 is 1.77 bits per heavy atom. The second-order valence-electron chi connectivity index (χ2n) is 7.30. The van der Waals surface area contributed by atoms with E-state index in [9.17, 15) is 9.59 Å². The van der Waals surface area contributed by atoms with Crippen molar-refractivity contribution in [2.24, 2.45) is 0 Å². The van der Waals surface area contributed by atoms with E-state index in [1.54, 1.807) is 12.1 Å². The summed E-state index contributed by atoms with van der Waals surface area (Å²) in [5.41, 5.74) is 2.69. The zero-order valence-corrected chi connectivity index (χ0v) is 18.1. The van der Waals surface area contributed by atoms with Gasteiger partial charge in [0.15, 0.2) is 6.61 Å². The van der Waals surface area contributed by atoms with Crippen molar-refractivity contribution in [3.8, 4) is 5.75 Å². The van der Waals surface area contributed by atoms with Crippen LogP contribution in [0.1, 0.15) is 26.4 Å². The Bertz CT molecular complexity index is 1050. The number of rotatable bonds is 7. The molecule has 1 N–H and O–H groups in total. The maximum Gasteiger partial charge on any atom is 0.341 e. The van der Waals surface area contributed by atoms with Crippen molar-refractivity contribution in [1.29, 1.82) is 0 Å². The van der Waals surface area contributed by atoms with Gasteiger partial charge in [0, 0.05) is 24.5 Å². The number of hydrogen-bond donors (Lipinski definition) is 1. The van der Waals surface area contributed by atoms with Crippen molar-refractivity contribution in [2.45, 2.75) is 19.5 Å². The second kappa shape index (κ2) is 9.76. The quantitative estimate of drug-likeness (QED) is 0.565. The molecule has 160 valence electrons. The Hall–Kier alpha value is -3.16. The van der Waals surface area contributed by atoms with Gasteiger partial charge < -0.3 is 14.8 Å². The number of ether oxygens (including phenoxy) is 2. The third-order valence-electron chi connectivity index (χ3n) is 5.14. The first kappa shape index (κ1) is 21.1. The molecule has 0 unspecified atom stereocenters. The molecule has 0 saturated heterocycles. The number of nitrogens with one attached hydrogen (secondary N) is 1. The van der Waals surface area contributed by atoms with E-state index in [0.29, 0.717) is 16.3 Å². The molecule has 7 heteroatoms. The molecule has 31 heavy (non-hydrogen) atoms. The molecule has 1 aromatic heterocycles. The summed E-state index contributed by atoms with van der Waals surface area (Å²) in [6.07, 6.45) is 0.736. The molecule has 0 spiro atoms. The van der Waals surface area contributed by atoms with Crippen LogP contribution in [0.15, 0.2) is 60.7 Å². The van der Waals surface area contributed by atoms with Gasteiger partial charge in [-0.1, -0.05) is 48.5 Å². The Morgan fingerprint density at radius 1 is 1.06 bits per heavy atom. The highest BCUT2D eigenvalue weighted by molar-refractivity contribution is 7.17. The van der Waals surface area contributed by atoms with Crippen molar-refractivity contribution in [2.75, 3.05) is 25.6 Å². The molecular formula is C24H24N2O4S. The molecule has 2 heterocycles. The average Bonchev–Trinajstić information content (AvgIpc) is 3.15. The van der Waals surface area contributed by atoms with Crippen molar-refractivity contribution < 1.29 is 19.1 Å². The van der Waals surface area contributed by atoms with Crippen LogP contribution in [-0.2, 0) is 29.0 Å². The number of amides is 1. The molecule has 0 fully saturated rings. The number of carbonyl (C=O) groups is 2. The van der Waals surface area contributed by atoms with E-state index in [4.69, 9.17) is 9.47 Å². The summed E-state index contributed by atoms with van der Waals surface area (Å²) in [7, 11) is 1.36. The molecule has 6 nitrogen and oxygen atoms in total. The standard InChI is InChI=1S/C24H24N2O4S/c1-29-24(28)22-19-12-13-26(14-17-8-4-2-5-9-17)15-20(19)31-23(22)25-21(27)16-30-18-10-6-3-7-11-18/h2-11H,12-16H2,1H3,(H,25,27). The fourth-order valence-corrected chi connectivity index (χ4v) is 4.96. The highest BCUT2D eigenvalue weighted by Crippen LogP contribution is 2.38. The SMILES string of the molecule is COC(=O)c1c(NC(=O)COc2ccccc2)sc2c1CCN(Cc1ccccc1)C2. The van der Waals surface area contributed by atoms with Gasteiger partial charge in [-0.2, -0.15) is 0 Å². The summed E-state index contributed by atoms with van der Waals surface area (Å²) in [6.45, 7) is 2.29. The van der Waals surface area contributed by atoms with Crippen LogP contribution in [0.4, 0.5) is 5.00 Å². The number of carbonyl (C=O) groups excluding carboxylic acids is 2. The lowest BCUT2D eigenvalue weighted by atomic mass is 10.0.